The standard InChI is InChI=1S/C12H21NO2/c1-10(2)6-9-13-8-5-4-7-12(13,3)11(14)15/h1,4-9H2,2-3H3,(H,14,15). The highest BCUT2D eigenvalue weighted by atomic mass is 16.4. The van der Waals surface area contributed by atoms with E-state index in [0.29, 0.717) is 0 Å². The highest BCUT2D eigenvalue weighted by molar-refractivity contribution is 5.78. The van der Waals surface area contributed by atoms with Gasteiger partial charge in [-0.05, 0) is 46.1 Å². The van der Waals surface area contributed by atoms with Crippen LogP contribution in [0.4, 0.5) is 0 Å². The first-order chi connectivity index (χ1) is 6.97. The van der Waals surface area contributed by atoms with Crippen LogP contribution in [0.3, 0.4) is 0 Å². The van der Waals surface area contributed by atoms with Crippen molar-refractivity contribution in [2.24, 2.45) is 0 Å². The van der Waals surface area contributed by atoms with E-state index in [1.807, 2.05) is 13.8 Å². The first kappa shape index (κ1) is 12.2. The fourth-order valence-electron chi connectivity index (χ4n) is 2.10. The minimum Gasteiger partial charge on any atom is -0.480 e. The molecule has 0 bridgehead atoms. The zero-order valence-electron chi connectivity index (χ0n) is 9.75. The van der Waals surface area contributed by atoms with E-state index in [2.05, 4.69) is 11.5 Å². The fourth-order valence-corrected chi connectivity index (χ4v) is 2.10. The van der Waals surface area contributed by atoms with Gasteiger partial charge in [-0.1, -0.05) is 5.57 Å². The van der Waals surface area contributed by atoms with Gasteiger partial charge in [0.05, 0.1) is 0 Å². The summed E-state index contributed by atoms with van der Waals surface area (Å²) in [6.07, 6.45) is 3.78. The second-order valence-corrected chi connectivity index (χ2v) is 4.73. The molecule has 0 saturated carbocycles. The molecule has 3 nitrogen and oxygen atoms in total. The molecule has 15 heavy (non-hydrogen) atoms. The molecule has 86 valence electrons. The number of carboxylic acids is 1. The van der Waals surface area contributed by atoms with Crippen molar-refractivity contribution in [3.63, 3.8) is 0 Å². The summed E-state index contributed by atoms with van der Waals surface area (Å²) in [4.78, 5) is 13.4. The summed E-state index contributed by atoms with van der Waals surface area (Å²) in [5.41, 5.74) is 0.460. The van der Waals surface area contributed by atoms with Gasteiger partial charge in [-0.15, -0.1) is 6.58 Å². The Hall–Kier alpha value is -0.830. The number of piperidine rings is 1. The van der Waals surface area contributed by atoms with Crippen LogP contribution in [0.2, 0.25) is 0 Å². The Kier molecular flexibility index (Phi) is 3.91. The maximum atomic E-state index is 11.3. The molecule has 1 saturated heterocycles. The molecule has 0 aromatic rings. The second-order valence-electron chi connectivity index (χ2n) is 4.73. The van der Waals surface area contributed by atoms with E-state index in [0.717, 1.165) is 44.3 Å². The van der Waals surface area contributed by atoms with Gasteiger partial charge in [-0.25, -0.2) is 0 Å². The van der Waals surface area contributed by atoms with Crippen molar-refractivity contribution in [3.8, 4) is 0 Å². The van der Waals surface area contributed by atoms with Crippen LogP contribution in [0.1, 0.15) is 39.5 Å². The van der Waals surface area contributed by atoms with Gasteiger partial charge in [0.2, 0.25) is 0 Å². The Labute approximate surface area is 91.8 Å². The predicted octanol–water partition coefficient (Wildman–Crippen LogP) is 2.28. The number of nitrogens with zero attached hydrogens (tertiary/aromatic N) is 1. The Morgan fingerprint density at radius 1 is 1.53 bits per heavy atom. The van der Waals surface area contributed by atoms with Gasteiger partial charge in [0.25, 0.3) is 0 Å². The van der Waals surface area contributed by atoms with Crippen molar-refractivity contribution in [2.45, 2.75) is 45.1 Å². The van der Waals surface area contributed by atoms with E-state index in [9.17, 15) is 9.90 Å². The number of hydrogen-bond donors (Lipinski definition) is 1. The molecule has 1 aliphatic heterocycles. The third kappa shape index (κ3) is 2.81. The third-order valence-corrected chi connectivity index (χ3v) is 3.31. The molecular weight excluding hydrogens is 190 g/mol. The van der Waals surface area contributed by atoms with Crippen molar-refractivity contribution in [3.05, 3.63) is 12.2 Å². The number of hydrogen-bond acceptors (Lipinski definition) is 2. The lowest BCUT2D eigenvalue weighted by atomic mass is 9.88. The lowest BCUT2D eigenvalue weighted by molar-refractivity contribution is -0.152. The number of aliphatic carboxylic acids is 1. The van der Waals surface area contributed by atoms with Crippen LogP contribution in [-0.4, -0.2) is 34.6 Å². The first-order valence-electron chi connectivity index (χ1n) is 5.59. The highest BCUT2D eigenvalue weighted by Crippen LogP contribution is 2.28. The molecule has 1 fully saturated rings. The van der Waals surface area contributed by atoms with Crippen molar-refractivity contribution in [1.29, 1.82) is 0 Å². The molecular formula is C12H21NO2. The first-order valence-corrected chi connectivity index (χ1v) is 5.59. The number of carboxylic acid groups (broad SMARTS) is 1. The minimum absolute atomic E-state index is 0.659. The summed E-state index contributed by atoms with van der Waals surface area (Å²) in [5.74, 6) is -0.691. The van der Waals surface area contributed by atoms with Gasteiger partial charge in [0, 0.05) is 6.54 Å². The van der Waals surface area contributed by atoms with Gasteiger partial charge in [0.15, 0.2) is 0 Å². The van der Waals surface area contributed by atoms with Crippen molar-refractivity contribution in [1.82, 2.24) is 4.90 Å². The summed E-state index contributed by atoms with van der Waals surface area (Å²) >= 11 is 0. The SMILES string of the molecule is C=C(C)CCN1CCCCC1(C)C(=O)O. The van der Waals surface area contributed by atoms with Gasteiger partial charge in [-0.3, -0.25) is 9.69 Å². The Balaban J connectivity index is 2.65. The van der Waals surface area contributed by atoms with E-state index in [-0.39, 0.29) is 0 Å². The van der Waals surface area contributed by atoms with Gasteiger partial charge >= 0.3 is 5.97 Å². The Morgan fingerprint density at radius 2 is 2.20 bits per heavy atom. The largest absolute Gasteiger partial charge is 0.480 e. The highest BCUT2D eigenvalue weighted by Gasteiger charge is 2.40. The number of likely N-dealkylation sites (tertiary alicyclic amines) is 1. The molecule has 1 rings (SSSR count). The molecule has 0 radical (unpaired) electrons. The normalized spacial score (nSPS) is 27.6. The summed E-state index contributed by atoms with van der Waals surface area (Å²) < 4.78 is 0. The molecule has 0 aromatic carbocycles. The molecule has 0 aromatic heterocycles. The molecule has 0 amide bonds. The summed E-state index contributed by atoms with van der Waals surface area (Å²) in [5, 5.41) is 9.27. The fraction of sp³-hybridized carbons (Fsp3) is 0.750. The van der Waals surface area contributed by atoms with Crippen LogP contribution in [0, 0.1) is 0 Å². The van der Waals surface area contributed by atoms with E-state index < -0.39 is 11.5 Å². The lowest BCUT2D eigenvalue weighted by Crippen LogP contribution is -2.55. The van der Waals surface area contributed by atoms with E-state index in [4.69, 9.17) is 0 Å². The summed E-state index contributed by atoms with van der Waals surface area (Å²) in [6, 6.07) is 0. The molecule has 1 unspecified atom stereocenters. The molecule has 1 heterocycles. The summed E-state index contributed by atoms with van der Waals surface area (Å²) in [7, 11) is 0. The van der Waals surface area contributed by atoms with Crippen molar-refractivity contribution in [2.75, 3.05) is 13.1 Å². The van der Waals surface area contributed by atoms with Crippen LogP contribution >= 0.6 is 0 Å². The average molecular weight is 211 g/mol. The van der Waals surface area contributed by atoms with Gasteiger partial charge < -0.3 is 5.11 Å². The van der Waals surface area contributed by atoms with Gasteiger partial charge in [0.1, 0.15) is 5.54 Å². The smallest absolute Gasteiger partial charge is 0.323 e. The quantitative estimate of drug-likeness (QED) is 0.725. The molecule has 0 spiro atoms. The van der Waals surface area contributed by atoms with Crippen molar-refractivity contribution < 1.29 is 9.90 Å². The maximum absolute atomic E-state index is 11.3. The zero-order valence-corrected chi connectivity index (χ0v) is 9.75. The number of carbonyl (C=O) groups is 1. The van der Waals surface area contributed by atoms with Crippen LogP contribution in [0.25, 0.3) is 0 Å². The second kappa shape index (κ2) is 4.79. The van der Waals surface area contributed by atoms with Crippen LogP contribution in [0.5, 0.6) is 0 Å². The molecule has 0 aliphatic carbocycles. The zero-order chi connectivity index (χ0) is 11.5. The van der Waals surface area contributed by atoms with E-state index in [1.165, 1.54) is 0 Å². The Morgan fingerprint density at radius 3 is 2.73 bits per heavy atom. The number of rotatable bonds is 4. The maximum Gasteiger partial charge on any atom is 0.323 e. The summed E-state index contributed by atoms with van der Waals surface area (Å²) in [6.45, 7) is 9.40. The average Bonchev–Trinajstić information content (AvgIpc) is 2.16. The molecule has 3 heteroatoms. The third-order valence-electron chi connectivity index (χ3n) is 3.31. The Bertz CT molecular complexity index is 262. The minimum atomic E-state index is -0.691. The monoisotopic (exact) mass is 211 g/mol. The topological polar surface area (TPSA) is 40.5 Å². The molecule has 1 atom stereocenters. The van der Waals surface area contributed by atoms with Crippen LogP contribution < -0.4 is 0 Å². The molecule has 1 N–H and O–H groups in total. The lowest BCUT2D eigenvalue weighted by Gasteiger charge is -2.41. The van der Waals surface area contributed by atoms with E-state index in [1.54, 1.807) is 0 Å². The van der Waals surface area contributed by atoms with Crippen molar-refractivity contribution >= 4 is 5.97 Å². The van der Waals surface area contributed by atoms with Crippen LogP contribution in [-0.2, 0) is 4.79 Å². The van der Waals surface area contributed by atoms with E-state index >= 15 is 0 Å². The predicted molar refractivity (Wildman–Crippen MR) is 60.9 cm³/mol. The van der Waals surface area contributed by atoms with Crippen LogP contribution in [0.15, 0.2) is 12.2 Å². The van der Waals surface area contributed by atoms with Gasteiger partial charge in [-0.2, -0.15) is 0 Å². The molecule has 1 aliphatic rings.